The minimum absolute atomic E-state index is 0.0409. The Morgan fingerprint density at radius 1 is 0.902 bits per heavy atom. The number of carbonyl (C=O) groups is 4. The molecule has 1 unspecified atom stereocenters. The Balaban J connectivity index is 0.851. The molecule has 0 saturated carbocycles. The molecule has 17 nitrogen and oxygen atoms in total. The zero-order valence-electron chi connectivity index (χ0n) is 35.5. The Morgan fingerprint density at radius 2 is 1.67 bits per heavy atom. The van der Waals surface area contributed by atoms with Crippen LogP contribution in [0.1, 0.15) is 69.4 Å². The molecule has 17 heteroatoms. The number of fused-ring (bicyclic) bond motifs is 1. The second-order valence-corrected chi connectivity index (χ2v) is 17.3. The number of aliphatic imine (C=N–C) groups is 2. The number of hydrogen-bond acceptors (Lipinski definition) is 10. The normalized spacial score (nSPS) is 23.8. The molecule has 5 saturated heterocycles. The summed E-state index contributed by atoms with van der Waals surface area (Å²) in [5.41, 5.74) is 10.0. The standard InChI is InChI=1S/C44H58N12O5/c1-28(53-18-5-6-34(27-53)55-23-22-50(3)43(55)60)47-41(39(46-2)40(45)58)48-32-9-7-30(8-10-32)31-16-19-52(20-17-31)25-29-15-21-54(26-29)33-11-12-35-37(24-33)51(4)44(61)56(35)36-13-14-38(57)49-42(36)59/h7-12,24,29,31,34,36,48H,2,5-6,13-23,25-27H2,1,3-4H3,(H2,45,58)(H,49,57,59)/b41-39+,47-28+/t29-,34-,36?/m1/s1. The number of nitrogens with two attached hydrogens (primary N) is 1. The number of carbonyl (C=O) groups excluding carboxylic acids is 4. The molecule has 5 aliphatic heterocycles. The summed E-state index contributed by atoms with van der Waals surface area (Å²) in [6.45, 7) is 13.4. The maximum atomic E-state index is 13.3. The number of aromatic nitrogens is 2. The summed E-state index contributed by atoms with van der Waals surface area (Å²) < 4.78 is 3.13. The van der Waals surface area contributed by atoms with Crippen LogP contribution in [-0.4, -0.2) is 137 Å². The second kappa shape index (κ2) is 17.6. The van der Waals surface area contributed by atoms with Gasteiger partial charge in [-0.2, -0.15) is 0 Å². The molecular formula is C44H58N12O5. The Bertz CT molecular complexity index is 2320. The predicted octanol–water partition coefficient (Wildman–Crippen LogP) is 3.04. The summed E-state index contributed by atoms with van der Waals surface area (Å²) in [5.74, 6) is 0.466. The van der Waals surface area contributed by atoms with E-state index in [-0.39, 0.29) is 41.6 Å². The molecule has 5 amide bonds. The van der Waals surface area contributed by atoms with Gasteiger partial charge in [0.05, 0.1) is 17.1 Å². The summed E-state index contributed by atoms with van der Waals surface area (Å²) in [5, 5.41) is 5.67. The summed E-state index contributed by atoms with van der Waals surface area (Å²) in [6, 6.07) is 13.8. The summed E-state index contributed by atoms with van der Waals surface area (Å²) in [4.78, 5) is 82.4. The number of anilines is 2. The zero-order valence-corrected chi connectivity index (χ0v) is 35.5. The lowest BCUT2D eigenvalue weighted by Crippen LogP contribution is -2.50. The van der Waals surface area contributed by atoms with Crippen LogP contribution in [0, 0.1) is 5.92 Å². The first-order chi connectivity index (χ1) is 29.4. The van der Waals surface area contributed by atoms with E-state index in [0.29, 0.717) is 36.2 Å². The van der Waals surface area contributed by atoms with Gasteiger partial charge in [-0.15, -0.1) is 0 Å². The fourth-order valence-corrected chi connectivity index (χ4v) is 9.94. The van der Waals surface area contributed by atoms with Gasteiger partial charge in [0.25, 0.3) is 5.91 Å². The molecular weight excluding hydrogens is 777 g/mol. The number of imide groups is 1. The second-order valence-electron chi connectivity index (χ2n) is 17.3. The smallest absolute Gasteiger partial charge is 0.329 e. The number of nitrogens with zero attached hydrogens (tertiary/aromatic N) is 9. The quantitative estimate of drug-likeness (QED) is 0.113. The van der Waals surface area contributed by atoms with E-state index < -0.39 is 17.9 Å². The van der Waals surface area contributed by atoms with Crippen LogP contribution in [0.5, 0.6) is 0 Å². The van der Waals surface area contributed by atoms with Crippen molar-refractivity contribution in [3.05, 3.63) is 70.0 Å². The molecule has 3 atom stereocenters. The lowest BCUT2D eigenvalue weighted by Gasteiger charge is -2.38. The molecule has 61 heavy (non-hydrogen) atoms. The van der Waals surface area contributed by atoms with Crippen LogP contribution >= 0.6 is 0 Å². The largest absolute Gasteiger partial charge is 0.371 e. The molecule has 324 valence electrons. The van der Waals surface area contributed by atoms with Gasteiger partial charge >= 0.3 is 11.7 Å². The topological polar surface area (TPSA) is 186 Å². The summed E-state index contributed by atoms with van der Waals surface area (Å²) in [7, 11) is 3.57. The van der Waals surface area contributed by atoms with Gasteiger partial charge in [-0.3, -0.25) is 33.8 Å². The number of likely N-dealkylation sites (N-methyl/N-ethyl adjacent to an activating group) is 1. The van der Waals surface area contributed by atoms with Crippen LogP contribution < -0.4 is 27.0 Å². The van der Waals surface area contributed by atoms with Crippen molar-refractivity contribution in [2.75, 3.05) is 76.2 Å². The fraction of sp³-hybridized carbons (Fsp3) is 0.523. The molecule has 8 rings (SSSR count). The Morgan fingerprint density at radius 3 is 2.36 bits per heavy atom. The highest BCUT2D eigenvalue weighted by molar-refractivity contribution is 6.00. The average Bonchev–Trinajstić information content (AvgIpc) is 3.93. The summed E-state index contributed by atoms with van der Waals surface area (Å²) >= 11 is 0. The van der Waals surface area contributed by atoms with E-state index in [2.05, 4.69) is 55.2 Å². The molecule has 1 aromatic heterocycles. The monoisotopic (exact) mass is 834 g/mol. The Labute approximate surface area is 355 Å². The third-order valence-electron chi connectivity index (χ3n) is 13.4. The number of hydrogen-bond donors (Lipinski definition) is 3. The lowest BCUT2D eigenvalue weighted by atomic mass is 9.89. The predicted molar refractivity (Wildman–Crippen MR) is 236 cm³/mol. The van der Waals surface area contributed by atoms with Gasteiger partial charge in [-0.05, 0) is 113 Å². The Hall–Kier alpha value is -5.97. The molecule has 3 aromatic rings. The van der Waals surface area contributed by atoms with E-state index in [1.807, 2.05) is 43.1 Å². The maximum absolute atomic E-state index is 13.3. The first-order valence-corrected chi connectivity index (χ1v) is 21.6. The fourth-order valence-electron chi connectivity index (χ4n) is 9.94. The van der Waals surface area contributed by atoms with Crippen molar-refractivity contribution in [1.29, 1.82) is 0 Å². The van der Waals surface area contributed by atoms with E-state index in [9.17, 15) is 24.0 Å². The van der Waals surface area contributed by atoms with Gasteiger partial charge in [0.2, 0.25) is 11.8 Å². The first-order valence-electron chi connectivity index (χ1n) is 21.6. The number of imidazole rings is 1. The van der Waals surface area contributed by atoms with E-state index in [0.717, 1.165) is 101 Å². The number of benzene rings is 2. The minimum atomic E-state index is -0.723. The minimum Gasteiger partial charge on any atom is -0.371 e. The van der Waals surface area contributed by atoms with Gasteiger partial charge in [0.1, 0.15) is 11.9 Å². The van der Waals surface area contributed by atoms with Crippen molar-refractivity contribution in [3.8, 4) is 0 Å². The van der Waals surface area contributed by atoms with E-state index in [4.69, 9.17) is 10.7 Å². The van der Waals surface area contributed by atoms with Crippen molar-refractivity contribution in [2.45, 2.75) is 69.9 Å². The first kappa shape index (κ1) is 41.8. The van der Waals surface area contributed by atoms with Crippen LogP contribution in [0.3, 0.4) is 0 Å². The van der Waals surface area contributed by atoms with E-state index >= 15 is 0 Å². The molecule has 4 N–H and O–H groups in total. The third kappa shape index (κ3) is 8.65. The summed E-state index contributed by atoms with van der Waals surface area (Å²) in [6.07, 6.45) is 5.62. The van der Waals surface area contributed by atoms with Crippen molar-refractivity contribution in [2.24, 2.45) is 28.7 Å². The van der Waals surface area contributed by atoms with Crippen molar-refractivity contribution in [3.63, 3.8) is 0 Å². The highest BCUT2D eigenvalue weighted by Gasteiger charge is 2.35. The van der Waals surface area contributed by atoms with Crippen molar-refractivity contribution >= 4 is 58.7 Å². The van der Waals surface area contributed by atoms with Gasteiger partial charge in [-0.1, -0.05) is 12.1 Å². The van der Waals surface area contributed by atoms with Crippen LogP contribution in [0.15, 0.2) is 68.8 Å². The molecule has 6 heterocycles. The number of likely N-dealkylation sites (tertiary alicyclic amines) is 2. The van der Waals surface area contributed by atoms with Crippen LogP contribution in [0.25, 0.3) is 11.0 Å². The number of urea groups is 1. The van der Waals surface area contributed by atoms with Gasteiger partial charge < -0.3 is 35.6 Å². The van der Waals surface area contributed by atoms with E-state index in [1.54, 1.807) is 16.5 Å². The van der Waals surface area contributed by atoms with Crippen LogP contribution in [-0.2, 0) is 21.4 Å². The van der Waals surface area contributed by atoms with Crippen LogP contribution in [0.2, 0.25) is 0 Å². The lowest BCUT2D eigenvalue weighted by molar-refractivity contribution is -0.135. The number of amides is 5. The highest BCUT2D eigenvalue weighted by atomic mass is 16.2. The molecule has 2 aromatic carbocycles. The molecule has 0 radical (unpaired) electrons. The number of nitrogens with one attached hydrogen (secondary N) is 2. The highest BCUT2D eigenvalue weighted by Crippen LogP contribution is 2.33. The van der Waals surface area contributed by atoms with Crippen molar-refractivity contribution < 1.29 is 19.2 Å². The molecule has 5 aliphatic rings. The zero-order chi connectivity index (χ0) is 42.9. The van der Waals surface area contributed by atoms with Gasteiger partial charge in [0, 0.05) is 77.7 Å². The molecule has 5 fully saturated rings. The average molecular weight is 835 g/mol. The molecule has 0 spiro atoms. The Kier molecular flexibility index (Phi) is 12.0. The van der Waals surface area contributed by atoms with Gasteiger partial charge in [0.15, 0.2) is 11.5 Å². The van der Waals surface area contributed by atoms with E-state index in [1.165, 1.54) is 10.1 Å². The molecule has 0 aliphatic carbocycles. The molecule has 0 bridgehead atoms. The number of piperidine rings is 3. The SMILES string of the molecule is C=N/C(C(N)=O)=C(\N=C(/C)N1CCC[C@@H](N2CCN(C)C2=O)C1)Nc1ccc(C2CCN(C[C@H]3CCN(c4ccc5c(c4)n(C)c(=O)n5C4CCC(=O)NC4=O)C3)CC2)cc1. The number of primary amides is 1. The number of amidine groups is 1. The number of aryl methyl sites for hydroxylation is 1. The maximum Gasteiger partial charge on any atom is 0.329 e. The number of rotatable bonds is 11. The van der Waals surface area contributed by atoms with Crippen molar-refractivity contribution in [1.82, 2.24) is 34.1 Å². The van der Waals surface area contributed by atoms with Crippen LogP contribution in [0.4, 0.5) is 16.2 Å². The van der Waals surface area contributed by atoms with Gasteiger partial charge in [-0.25, -0.2) is 14.6 Å². The third-order valence-corrected chi connectivity index (χ3v) is 13.4.